The molecule has 0 saturated carbocycles. The van der Waals surface area contributed by atoms with Gasteiger partial charge in [0.1, 0.15) is 42.3 Å². The lowest BCUT2D eigenvalue weighted by Gasteiger charge is -2.16. The van der Waals surface area contributed by atoms with Crippen LogP contribution in [0.15, 0.2) is 143 Å². The van der Waals surface area contributed by atoms with Crippen LogP contribution < -0.4 is 19.6 Å². The first-order chi connectivity index (χ1) is 20.2. The molecule has 0 N–H and O–H groups in total. The van der Waals surface area contributed by atoms with E-state index in [1.54, 1.807) is 12.1 Å². The van der Waals surface area contributed by atoms with E-state index >= 15 is 0 Å². The van der Waals surface area contributed by atoms with Crippen molar-refractivity contribution < 1.29 is 18.6 Å². The Morgan fingerprint density at radius 3 is 1.59 bits per heavy atom. The molecule has 41 heavy (non-hydrogen) atoms. The van der Waals surface area contributed by atoms with Gasteiger partial charge in [-0.3, -0.25) is 4.79 Å². The molecule has 0 saturated heterocycles. The van der Waals surface area contributed by atoms with Gasteiger partial charge >= 0.3 is 0 Å². The normalized spacial score (nSPS) is 10.8. The number of hydrogen-bond donors (Lipinski definition) is 0. The molecule has 5 aromatic carbocycles. The van der Waals surface area contributed by atoms with Gasteiger partial charge in [-0.25, -0.2) is 0 Å². The van der Waals surface area contributed by atoms with Crippen molar-refractivity contribution in [3.05, 3.63) is 160 Å². The monoisotopic (exact) mass is 540 g/mol. The van der Waals surface area contributed by atoms with Crippen LogP contribution >= 0.6 is 0 Å². The zero-order valence-electron chi connectivity index (χ0n) is 22.4. The fourth-order valence-corrected chi connectivity index (χ4v) is 4.56. The van der Waals surface area contributed by atoms with Crippen molar-refractivity contribution in [2.75, 3.05) is 0 Å². The highest BCUT2D eigenvalue weighted by Gasteiger charge is 2.22. The van der Waals surface area contributed by atoms with Gasteiger partial charge in [0.25, 0.3) is 0 Å². The summed E-state index contributed by atoms with van der Waals surface area (Å²) in [5.41, 5.74) is 3.72. The molecule has 5 heteroatoms. The van der Waals surface area contributed by atoms with Crippen LogP contribution in [0.2, 0.25) is 0 Å². The topological polar surface area (TPSA) is 57.9 Å². The molecule has 0 amide bonds. The summed E-state index contributed by atoms with van der Waals surface area (Å²) in [5.74, 6) is 1.39. The summed E-state index contributed by atoms with van der Waals surface area (Å²) in [7, 11) is 0. The summed E-state index contributed by atoms with van der Waals surface area (Å²) in [6.07, 6.45) is 0. The molecular weight excluding hydrogens is 512 g/mol. The maximum absolute atomic E-state index is 14.2. The minimum absolute atomic E-state index is 0.134. The molecule has 6 rings (SSSR count). The van der Waals surface area contributed by atoms with E-state index in [0.717, 1.165) is 22.3 Å². The maximum Gasteiger partial charge on any atom is 0.239 e. The largest absolute Gasteiger partial charge is 0.489 e. The lowest BCUT2D eigenvalue weighted by molar-refractivity contribution is 0.288. The molecular formula is C36H28O5. The van der Waals surface area contributed by atoms with Gasteiger partial charge in [-0.15, -0.1) is 0 Å². The Kier molecular flexibility index (Phi) is 7.77. The lowest BCUT2D eigenvalue weighted by Crippen LogP contribution is -2.12. The van der Waals surface area contributed by atoms with E-state index in [1.807, 2.05) is 121 Å². The van der Waals surface area contributed by atoms with Gasteiger partial charge in [-0.05, 0) is 16.7 Å². The fraction of sp³-hybridized carbons (Fsp3) is 0.0833. The zero-order chi connectivity index (χ0) is 27.9. The third kappa shape index (κ3) is 6.15. The molecule has 0 radical (unpaired) electrons. The number of ether oxygens (including phenoxy) is 3. The first-order valence-corrected chi connectivity index (χ1v) is 13.4. The van der Waals surface area contributed by atoms with E-state index in [9.17, 15) is 4.79 Å². The Balaban J connectivity index is 1.46. The molecule has 0 atom stereocenters. The molecule has 0 aliphatic carbocycles. The van der Waals surface area contributed by atoms with Crippen LogP contribution in [0, 0.1) is 0 Å². The number of rotatable bonds is 10. The van der Waals surface area contributed by atoms with E-state index in [2.05, 4.69) is 0 Å². The molecule has 0 unspecified atom stereocenters. The van der Waals surface area contributed by atoms with Crippen LogP contribution in [-0.2, 0) is 19.8 Å². The van der Waals surface area contributed by atoms with Crippen LogP contribution in [-0.4, -0.2) is 0 Å². The van der Waals surface area contributed by atoms with Crippen molar-refractivity contribution in [2.24, 2.45) is 0 Å². The van der Waals surface area contributed by atoms with Gasteiger partial charge in [0, 0.05) is 17.7 Å². The molecule has 0 aliphatic rings. The standard InChI is InChI=1S/C36H28O5/c37-34-33-31(39-24-27-15-7-2-8-16-27)21-30(38-23-26-13-5-1-6-14-26)22-32(33)41-35(29-19-11-4-12-20-29)36(34)40-25-28-17-9-3-10-18-28/h1-22H,23-25H2. The predicted octanol–water partition coefficient (Wildman–Crippen LogP) is 8.20. The molecule has 0 fully saturated rings. The van der Waals surface area contributed by atoms with Crippen molar-refractivity contribution in [1.29, 1.82) is 0 Å². The lowest BCUT2D eigenvalue weighted by atomic mass is 10.1. The first kappa shape index (κ1) is 26.0. The van der Waals surface area contributed by atoms with Crippen molar-refractivity contribution in [3.8, 4) is 28.6 Å². The van der Waals surface area contributed by atoms with Gasteiger partial charge in [-0.2, -0.15) is 0 Å². The number of fused-ring (bicyclic) bond motifs is 1. The Morgan fingerprint density at radius 1 is 0.537 bits per heavy atom. The second-order valence-electron chi connectivity index (χ2n) is 9.57. The van der Waals surface area contributed by atoms with Gasteiger partial charge < -0.3 is 18.6 Å². The molecule has 6 aromatic rings. The van der Waals surface area contributed by atoms with E-state index in [0.29, 0.717) is 34.8 Å². The highest BCUT2D eigenvalue weighted by Crippen LogP contribution is 2.37. The third-order valence-electron chi connectivity index (χ3n) is 6.64. The minimum Gasteiger partial charge on any atom is -0.489 e. The molecule has 0 bridgehead atoms. The van der Waals surface area contributed by atoms with Gasteiger partial charge in [0.15, 0.2) is 5.76 Å². The van der Waals surface area contributed by atoms with Crippen molar-refractivity contribution in [3.63, 3.8) is 0 Å². The Hall–Kier alpha value is -5.29. The van der Waals surface area contributed by atoms with Crippen molar-refractivity contribution >= 4 is 11.0 Å². The van der Waals surface area contributed by atoms with Crippen molar-refractivity contribution in [1.82, 2.24) is 0 Å². The van der Waals surface area contributed by atoms with Gasteiger partial charge in [0.05, 0.1) is 0 Å². The summed E-state index contributed by atoms with van der Waals surface area (Å²) in [6, 6.07) is 42.4. The van der Waals surface area contributed by atoms with Crippen LogP contribution in [0.4, 0.5) is 0 Å². The summed E-state index contributed by atoms with van der Waals surface area (Å²) >= 11 is 0. The molecule has 202 valence electrons. The van der Waals surface area contributed by atoms with Crippen LogP contribution in [0.3, 0.4) is 0 Å². The molecule has 1 heterocycles. The van der Waals surface area contributed by atoms with Crippen LogP contribution in [0.1, 0.15) is 16.7 Å². The molecule has 0 spiro atoms. The quantitative estimate of drug-likeness (QED) is 0.175. The van der Waals surface area contributed by atoms with Crippen LogP contribution in [0.5, 0.6) is 17.2 Å². The first-order valence-electron chi connectivity index (χ1n) is 13.4. The summed E-state index contributed by atoms with van der Waals surface area (Å²) < 4.78 is 25.0. The number of hydrogen-bond acceptors (Lipinski definition) is 5. The molecule has 1 aromatic heterocycles. The summed E-state index contributed by atoms with van der Waals surface area (Å²) in [5, 5.41) is 0.302. The van der Waals surface area contributed by atoms with Gasteiger partial charge in [0.2, 0.25) is 11.2 Å². The minimum atomic E-state index is -0.307. The summed E-state index contributed by atoms with van der Waals surface area (Å²) in [4.78, 5) is 14.2. The second kappa shape index (κ2) is 12.3. The second-order valence-corrected chi connectivity index (χ2v) is 9.57. The summed E-state index contributed by atoms with van der Waals surface area (Å²) in [6.45, 7) is 0.853. The molecule has 5 nitrogen and oxygen atoms in total. The highest BCUT2D eigenvalue weighted by atomic mass is 16.5. The smallest absolute Gasteiger partial charge is 0.239 e. The van der Waals surface area contributed by atoms with Crippen LogP contribution in [0.25, 0.3) is 22.3 Å². The van der Waals surface area contributed by atoms with E-state index < -0.39 is 0 Å². The maximum atomic E-state index is 14.2. The zero-order valence-corrected chi connectivity index (χ0v) is 22.4. The Labute approximate surface area is 238 Å². The predicted molar refractivity (Wildman–Crippen MR) is 160 cm³/mol. The third-order valence-corrected chi connectivity index (χ3v) is 6.64. The number of benzene rings is 5. The van der Waals surface area contributed by atoms with Gasteiger partial charge in [-0.1, -0.05) is 121 Å². The van der Waals surface area contributed by atoms with Crippen molar-refractivity contribution in [2.45, 2.75) is 19.8 Å². The fourth-order valence-electron chi connectivity index (χ4n) is 4.56. The Bertz CT molecular complexity index is 1780. The van der Waals surface area contributed by atoms with E-state index in [1.165, 1.54) is 0 Å². The SMILES string of the molecule is O=c1c(OCc2ccccc2)c(-c2ccccc2)oc2cc(OCc3ccccc3)cc(OCc3ccccc3)c12. The average Bonchev–Trinajstić information content (AvgIpc) is 3.04. The average molecular weight is 541 g/mol. The Morgan fingerprint density at radius 2 is 1.02 bits per heavy atom. The van der Waals surface area contributed by atoms with E-state index in [4.69, 9.17) is 18.6 Å². The van der Waals surface area contributed by atoms with E-state index in [-0.39, 0.29) is 24.4 Å². The molecule has 0 aliphatic heterocycles. The highest BCUT2D eigenvalue weighted by molar-refractivity contribution is 5.88.